The first kappa shape index (κ1) is 19.3. The lowest BCUT2D eigenvalue weighted by Gasteiger charge is -2.13. The van der Waals surface area contributed by atoms with Gasteiger partial charge in [0.25, 0.3) is 0 Å². The predicted molar refractivity (Wildman–Crippen MR) is 90.2 cm³/mol. The normalized spacial score (nSPS) is 12.6. The Morgan fingerprint density at radius 1 is 1.30 bits per heavy atom. The van der Waals surface area contributed by atoms with Gasteiger partial charge in [-0.3, -0.25) is 4.79 Å². The minimum atomic E-state index is -3.28. The van der Waals surface area contributed by atoms with Crippen LogP contribution in [-0.2, 0) is 31.9 Å². The number of carbonyl (C=O) groups excluding carboxylic acids is 1. The number of hydrogen-bond acceptors (Lipinski definition) is 4. The lowest BCUT2D eigenvalue weighted by atomic mass is 10.1. The Labute approximate surface area is 138 Å². The average Bonchev–Trinajstić information content (AvgIpc) is 2.53. The van der Waals surface area contributed by atoms with Crippen LogP contribution >= 0.6 is 0 Å². The highest BCUT2D eigenvalue weighted by atomic mass is 32.2. The fraction of sp³-hybridized carbons (Fsp3) is 0.438. The number of rotatable bonds is 10. The van der Waals surface area contributed by atoms with Gasteiger partial charge in [-0.15, -0.1) is 6.58 Å². The molecule has 0 heterocycles. The maximum absolute atomic E-state index is 11.9. The lowest BCUT2D eigenvalue weighted by Crippen LogP contribution is -2.34. The third kappa shape index (κ3) is 7.40. The van der Waals surface area contributed by atoms with E-state index in [1.807, 2.05) is 0 Å². The summed E-state index contributed by atoms with van der Waals surface area (Å²) >= 11 is 0. The third-order valence-electron chi connectivity index (χ3n) is 3.22. The van der Waals surface area contributed by atoms with E-state index in [2.05, 4.69) is 16.6 Å². The van der Waals surface area contributed by atoms with Crippen LogP contribution in [0, 0.1) is 0 Å². The molecule has 0 aliphatic heterocycles. The summed E-state index contributed by atoms with van der Waals surface area (Å²) in [6.07, 6.45) is 1.92. The van der Waals surface area contributed by atoms with Gasteiger partial charge in [0.05, 0.1) is 12.4 Å². The first-order valence-electron chi connectivity index (χ1n) is 7.37. The zero-order valence-corrected chi connectivity index (χ0v) is 14.4. The zero-order chi connectivity index (χ0) is 17.3. The Hall–Kier alpha value is -1.70. The second-order valence-corrected chi connectivity index (χ2v) is 7.01. The van der Waals surface area contributed by atoms with Crippen LogP contribution in [0.15, 0.2) is 36.9 Å². The molecule has 0 aliphatic carbocycles. The molecule has 0 bridgehead atoms. The molecule has 1 rings (SSSR count). The fourth-order valence-corrected chi connectivity index (χ4v) is 2.56. The molecular formula is C16H24N2O4S. The molecule has 1 amide bonds. The molecule has 23 heavy (non-hydrogen) atoms. The second kappa shape index (κ2) is 9.44. The number of amides is 1. The van der Waals surface area contributed by atoms with Crippen molar-refractivity contribution in [1.29, 1.82) is 0 Å². The maximum atomic E-state index is 11.9. The number of carbonyl (C=O) groups is 1. The summed E-state index contributed by atoms with van der Waals surface area (Å²) in [4.78, 5) is 11.9. The lowest BCUT2D eigenvalue weighted by molar-refractivity contribution is -0.131. The highest BCUT2D eigenvalue weighted by molar-refractivity contribution is 7.88. The molecule has 0 spiro atoms. The zero-order valence-electron chi connectivity index (χ0n) is 13.5. The summed E-state index contributed by atoms with van der Waals surface area (Å²) < 4.78 is 30.6. The first-order chi connectivity index (χ1) is 10.9. The van der Waals surface area contributed by atoms with Gasteiger partial charge < -0.3 is 10.1 Å². The van der Waals surface area contributed by atoms with Crippen molar-refractivity contribution in [2.75, 3.05) is 13.7 Å². The van der Waals surface area contributed by atoms with Crippen molar-refractivity contribution in [2.24, 2.45) is 0 Å². The molecule has 2 N–H and O–H groups in total. The van der Waals surface area contributed by atoms with Gasteiger partial charge in [0, 0.05) is 6.54 Å². The van der Waals surface area contributed by atoms with Gasteiger partial charge in [-0.2, -0.15) is 0 Å². The molecule has 0 saturated heterocycles. The largest absolute Gasteiger partial charge is 0.368 e. The van der Waals surface area contributed by atoms with E-state index in [1.165, 1.54) is 7.05 Å². The highest BCUT2D eigenvalue weighted by Gasteiger charge is 2.12. The minimum absolute atomic E-state index is 0.0652. The molecule has 1 atom stereocenters. The van der Waals surface area contributed by atoms with Crippen LogP contribution in [0.2, 0.25) is 0 Å². The number of benzene rings is 1. The molecule has 1 unspecified atom stereocenters. The van der Waals surface area contributed by atoms with Gasteiger partial charge in [-0.1, -0.05) is 30.3 Å². The van der Waals surface area contributed by atoms with Crippen LogP contribution in [0.25, 0.3) is 0 Å². The predicted octanol–water partition coefficient (Wildman–Crippen LogP) is 1.33. The van der Waals surface area contributed by atoms with Crippen molar-refractivity contribution < 1.29 is 17.9 Å². The molecule has 0 saturated carbocycles. The number of nitrogens with one attached hydrogen (secondary N) is 2. The summed E-state index contributed by atoms with van der Waals surface area (Å²) in [6, 6.07) is 7.06. The van der Waals surface area contributed by atoms with Crippen LogP contribution in [-0.4, -0.2) is 34.1 Å². The van der Waals surface area contributed by atoms with E-state index in [4.69, 9.17) is 4.74 Å². The van der Waals surface area contributed by atoms with E-state index < -0.39 is 16.1 Å². The van der Waals surface area contributed by atoms with Crippen molar-refractivity contribution >= 4 is 15.9 Å². The fourth-order valence-electron chi connectivity index (χ4n) is 1.78. The topological polar surface area (TPSA) is 84.5 Å². The van der Waals surface area contributed by atoms with E-state index in [1.54, 1.807) is 37.3 Å². The van der Waals surface area contributed by atoms with E-state index in [0.29, 0.717) is 25.1 Å². The summed E-state index contributed by atoms with van der Waals surface area (Å²) in [5.74, 6) is -0.250. The molecule has 6 nitrogen and oxygen atoms in total. The van der Waals surface area contributed by atoms with Crippen molar-refractivity contribution in [3.8, 4) is 0 Å². The van der Waals surface area contributed by atoms with Gasteiger partial charge >= 0.3 is 0 Å². The van der Waals surface area contributed by atoms with Gasteiger partial charge in [-0.05, 0) is 31.5 Å². The Kier molecular flexibility index (Phi) is 7.94. The molecule has 128 valence electrons. The molecule has 7 heteroatoms. The van der Waals surface area contributed by atoms with E-state index in [-0.39, 0.29) is 11.7 Å². The number of sulfonamides is 1. The smallest absolute Gasteiger partial charge is 0.249 e. The van der Waals surface area contributed by atoms with E-state index in [0.717, 1.165) is 5.56 Å². The Morgan fingerprint density at radius 2 is 1.91 bits per heavy atom. The first-order valence-corrected chi connectivity index (χ1v) is 9.02. The molecule has 0 aliphatic rings. The van der Waals surface area contributed by atoms with Crippen LogP contribution in [0.3, 0.4) is 0 Å². The Bertz CT molecular complexity index is 611. The van der Waals surface area contributed by atoms with Crippen LogP contribution in [0.1, 0.15) is 24.5 Å². The Balaban J connectivity index is 2.46. The summed E-state index contributed by atoms with van der Waals surface area (Å²) in [5, 5.41) is 2.78. The molecule has 1 aromatic carbocycles. The quantitative estimate of drug-likeness (QED) is 0.497. The van der Waals surface area contributed by atoms with Gasteiger partial charge in [0.15, 0.2) is 0 Å². The van der Waals surface area contributed by atoms with E-state index >= 15 is 0 Å². The van der Waals surface area contributed by atoms with Gasteiger partial charge in [0.2, 0.25) is 15.9 Å². The van der Waals surface area contributed by atoms with Crippen LogP contribution in [0.4, 0.5) is 0 Å². The van der Waals surface area contributed by atoms with Crippen molar-refractivity contribution in [3.63, 3.8) is 0 Å². The maximum Gasteiger partial charge on any atom is 0.249 e. The highest BCUT2D eigenvalue weighted by Crippen LogP contribution is 2.08. The molecule has 0 aromatic heterocycles. The summed E-state index contributed by atoms with van der Waals surface area (Å²) in [7, 11) is -1.89. The van der Waals surface area contributed by atoms with Gasteiger partial charge in [0.1, 0.15) is 6.10 Å². The third-order valence-corrected chi connectivity index (χ3v) is 4.55. The SMILES string of the molecule is C=CCCOC(C)C(=O)NCc1ccc(CS(=O)(=O)NC)cc1. The molecule has 1 aromatic rings. The van der Waals surface area contributed by atoms with Gasteiger partial charge in [-0.25, -0.2) is 13.1 Å². The van der Waals surface area contributed by atoms with Crippen LogP contribution < -0.4 is 10.0 Å². The monoisotopic (exact) mass is 340 g/mol. The Morgan fingerprint density at radius 3 is 2.48 bits per heavy atom. The minimum Gasteiger partial charge on any atom is -0.368 e. The summed E-state index contributed by atoms with van der Waals surface area (Å²) in [5.41, 5.74) is 1.58. The molecule has 0 radical (unpaired) electrons. The van der Waals surface area contributed by atoms with E-state index in [9.17, 15) is 13.2 Å². The standard InChI is InChI=1S/C16H24N2O4S/c1-4-5-10-22-13(2)16(19)18-11-14-6-8-15(9-7-14)12-23(20,21)17-3/h4,6-9,13,17H,1,5,10-12H2,2-3H3,(H,18,19). The average molecular weight is 340 g/mol. The molecule has 0 fully saturated rings. The molecular weight excluding hydrogens is 316 g/mol. The number of ether oxygens (including phenoxy) is 1. The number of hydrogen-bond donors (Lipinski definition) is 2. The van der Waals surface area contributed by atoms with Crippen molar-refractivity contribution in [1.82, 2.24) is 10.0 Å². The van der Waals surface area contributed by atoms with Crippen LogP contribution in [0.5, 0.6) is 0 Å². The second-order valence-electron chi connectivity index (χ2n) is 5.09. The summed E-state index contributed by atoms with van der Waals surface area (Å²) in [6.45, 7) is 6.12. The van der Waals surface area contributed by atoms with Crippen molar-refractivity contribution in [3.05, 3.63) is 48.0 Å². The van der Waals surface area contributed by atoms with Crippen molar-refractivity contribution in [2.45, 2.75) is 31.7 Å².